The van der Waals surface area contributed by atoms with E-state index < -0.39 is 27.2 Å². The van der Waals surface area contributed by atoms with Gasteiger partial charge in [-0.3, -0.25) is 25.7 Å². The van der Waals surface area contributed by atoms with Gasteiger partial charge in [0.05, 0.1) is 21.5 Å². The van der Waals surface area contributed by atoms with Crippen molar-refractivity contribution in [1.29, 1.82) is 0 Å². The third kappa shape index (κ3) is 5.51. The standard InChI is InChI=1S/C22H18N4O6/c1-15-7-9-17(10-8-15)22(27)32-14-20(16-5-3-2-4-6-16)24-23-19-12-11-18(25(28)29)13-21(19)26(30)31/h2-13,23H,14H2,1H3/b24-20+. The minimum absolute atomic E-state index is 0.0427. The molecule has 0 aliphatic heterocycles. The summed E-state index contributed by atoms with van der Waals surface area (Å²) in [5.74, 6) is -0.546. The van der Waals surface area contributed by atoms with Crippen LogP contribution in [0, 0.1) is 27.2 Å². The molecule has 32 heavy (non-hydrogen) atoms. The van der Waals surface area contributed by atoms with E-state index in [-0.39, 0.29) is 12.3 Å². The second kappa shape index (κ2) is 9.94. The van der Waals surface area contributed by atoms with Crippen molar-refractivity contribution >= 4 is 28.7 Å². The van der Waals surface area contributed by atoms with Crippen LogP contribution in [0.4, 0.5) is 17.1 Å². The summed E-state index contributed by atoms with van der Waals surface area (Å²) in [6.45, 7) is 1.70. The highest BCUT2D eigenvalue weighted by atomic mass is 16.6. The van der Waals surface area contributed by atoms with Gasteiger partial charge in [0.1, 0.15) is 18.0 Å². The molecule has 3 aromatic carbocycles. The number of nitrogens with one attached hydrogen (secondary N) is 1. The number of hydrazone groups is 1. The number of nitro benzene ring substituents is 2. The maximum Gasteiger partial charge on any atom is 0.338 e. The Balaban J connectivity index is 1.85. The molecule has 0 saturated heterocycles. The molecule has 0 aromatic heterocycles. The number of non-ortho nitro benzene ring substituents is 1. The SMILES string of the molecule is Cc1ccc(C(=O)OC/C(=N\Nc2ccc([N+](=O)[O-])cc2[N+](=O)[O-])c2ccccc2)cc1. The van der Waals surface area contributed by atoms with Crippen LogP contribution >= 0.6 is 0 Å². The van der Waals surface area contributed by atoms with Crippen molar-refractivity contribution in [2.24, 2.45) is 5.10 Å². The van der Waals surface area contributed by atoms with E-state index in [1.54, 1.807) is 54.6 Å². The molecular formula is C22H18N4O6. The highest BCUT2D eigenvalue weighted by Gasteiger charge is 2.19. The number of ether oxygens (including phenoxy) is 1. The predicted octanol–water partition coefficient (Wildman–Crippen LogP) is 4.48. The van der Waals surface area contributed by atoms with Gasteiger partial charge in [-0.25, -0.2) is 4.79 Å². The molecular weight excluding hydrogens is 416 g/mol. The molecule has 0 saturated carbocycles. The van der Waals surface area contributed by atoms with E-state index in [0.717, 1.165) is 17.7 Å². The number of hydrogen-bond acceptors (Lipinski definition) is 8. The molecule has 1 N–H and O–H groups in total. The third-order valence-corrected chi connectivity index (χ3v) is 4.43. The zero-order valence-electron chi connectivity index (χ0n) is 16.9. The van der Waals surface area contributed by atoms with Crippen molar-refractivity contribution in [3.05, 3.63) is 110 Å². The fourth-order valence-electron chi connectivity index (χ4n) is 2.72. The fourth-order valence-corrected chi connectivity index (χ4v) is 2.72. The monoisotopic (exact) mass is 434 g/mol. The summed E-state index contributed by atoms with van der Waals surface area (Å²) in [7, 11) is 0. The maximum absolute atomic E-state index is 12.4. The van der Waals surface area contributed by atoms with Crippen molar-refractivity contribution < 1.29 is 19.4 Å². The van der Waals surface area contributed by atoms with Crippen LogP contribution in [0.2, 0.25) is 0 Å². The van der Waals surface area contributed by atoms with E-state index in [0.29, 0.717) is 16.8 Å². The number of nitrogens with zero attached hydrogens (tertiary/aromatic N) is 3. The number of carbonyl (C=O) groups is 1. The predicted molar refractivity (Wildman–Crippen MR) is 118 cm³/mol. The van der Waals surface area contributed by atoms with E-state index in [4.69, 9.17) is 4.74 Å². The van der Waals surface area contributed by atoms with Gasteiger partial charge in [0, 0.05) is 11.6 Å². The first kappa shape index (κ1) is 22.1. The lowest BCUT2D eigenvalue weighted by molar-refractivity contribution is -0.393. The normalized spacial score (nSPS) is 11.0. The molecule has 10 heteroatoms. The second-order valence-electron chi connectivity index (χ2n) is 6.69. The fraction of sp³-hybridized carbons (Fsp3) is 0.0909. The number of esters is 1. The first-order valence-corrected chi connectivity index (χ1v) is 9.40. The topological polar surface area (TPSA) is 137 Å². The number of carbonyl (C=O) groups excluding carboxylic acids is 1. The molecule has 0 heterocycles. The van der Waals surface area contributed by atoms with Crippen LogP contribution in [0.25, 0.3) is 0 Å². The van der Waals surface area contributed by atoms with E-state index in [1.807, 2.05) is 6.92 Å². The van der Waals surface area contributed by atoms with Crippen molar-refractivity contribution in [1.82, 2.24) is 0 Å². The van der Waals surface area contributed by atoms with Crippen LogP contribution in [-0.2, 0) is 4.74 Å². The summed E-state index contributed by atoms with van der Waals surface area (Å²) in [6, 6.07) is 18.9. The number of rotatable bonds is 8. The van der Waals surface area contributed by atoms with Gasteiger partial charge in [-0.1, -0.05) is 48.0 Å². The van der Waals surface area contributed by atoms with Crippen molar-refractivity contribution in [3.8, 4) is 0 Å². The molecule has 3 aromatic rings. The molecule has 0 amide bonds. The third-order valence-electron chi connectivity index (χ3n) is 4.43. The maximum atomic E-state index is 12.4. The quantitative estimate of drug-likeness (QED) is 0.239. The zero-order chi connectivity index (χ0) is 23.1. The van der Waals surface area contributed by atoms with Gasteiger partial charge < -0.3 is 4.74 Å². The molecule has 0 fully saturated rings. The van der Waals surface area contributed by atoms with Gasteiger partial charge in [0.25, 0.3) is 5.69 Å². The molecule has 0 radical (unpaired) electrons. The summed E-state index contributed by atoms with van der Waals surface area (Å²) in [5.41, 5.74) is 3.91. The van der Waals surface area contributed by atoms with E-state index in [9.17, 15) is 25.0 Å². The summed E-state index contributed by atoms with van der Waals surface area (Å²) < 4.78 is 5.37. The van der Waals surface area contributed by atoms with Crippen molar-refractivity contribution in [2.75, 3.05) is 12.0 Å². The van der Waals surface area contributed by atoms with Crippen LogP contribution in [0.5, 0.6) is 0 Å². The molecule has 0 aliphatic rings. The lowest BCUT2D eigenvalue weighted by atomic mass is 10.1. The van der Waals surface area contributed by atoms with E-state index in [1.165, 1.54) is 6.07 Å². The van der Waals surface area contributed by atoms with Gasteiger partial charge in [-0.15, -0.1) is 0 Å². The lowest BCUT2D eigenvalue weighted by Gasteiger charge is -2.10. The highest BCUT2D eigenvalue weighted by molar-refractivity contribution is 6.03. The van der Waals surface area contributed by atoms with Gasteiger partial charge in [0.15, 0.2) is 0 Å². The summed E-state index contributed by atoms with van der Waals surface area (Å²) >= 11 is 0. The number of nitro groups is 2. The van der Waals surface area contributed by atoms with Crippen molar-refractivity contribution in [2.45, 2.75) is 6.92 Å². The molecule has 3 rings (SSSR count). The number of hydrogen-bond donors (Lipinski definition) is 1. The number of benzene rings is 3. The average Bonchev–Trinajstić information content (AvgIpc) is 2.79. The molecule has 10 nitrogen and oxygen atoms in total. The van der Waals surface area contributed by atoms with E-state index in [2.05, 4.69) is 10.5 Å². The molecule has 0 spiro atoms. The Kier molecular flexibility index (Phi) is 6.86. The minimum atomic E-state index is -0.746. The molecule has 0 atom stereocenters. The zero-order valence-corrected chi connectivity index (χ0v) is 16.9. The summed E-state index contributed by atoms with van der Waals surface area (Å²) in [6.07, 6.45) is 0. The summed E-state index contributed by atoms with van der Waals surface area (Å²) in [5, 5.41) is 26.4. The van der Waals surface area contributed by atoms with Gasteiger partial charge >= 0.3 is 11.7 Å². The Morgan fingerprint density at radius 3 is 2.25 bits per heavy atom. The first-order valence-electron chi connectivity index (χ1n) is 9.40. The molecule has 0 bridgehead atoms. The van der Waals surface area contributed by atoms with Crippen molar-refractivity contribution in [3.63, 3.8) is 0 Å². The largest absolute Gasteiger partial charge is 0.455 e. The van der Waals surface area contributed by atoms with Crippen LogP contribution < -0.4 is 5.43 Å². The Morgan fingerprint density at radius 2 is 1.62 bits per heavy atom. The average molecular weight is 434 g/mol. The second-order valence-corrected chi connectivity index (χ2v) is 6.69. The van der Waals surface area contributed by atoms with Gasteiger partial charge in [-0.05, 0) is 25.1 Å². The molecule has 162 valence electrons. The van der Waals surface area contributed by atoms with Gasteiger partial charge in [-0.2, -0.15) is 5.10 Å². The Bertz CT molecular complexity index is 1180. The minimum Gasteiger partial charge on any atom is -0.455 e. The number of anilines is 1. The summed E-state index contributed by atoms with van der Waals surface area (Å²) in [4.78, 5) is 33.1. The molecule has 0 aliphatic carbocycles. The highest BCUT2D eigenvalue weighted by Crippen LogP contribution is 2.29. The van der Waals surface area contributed by atoms with Gasteiger partial charge in [0.2, 0.25) is 0 Å². The van der Waals surface area contributed by atoms with E-state index >= 15 is 0 Å². The van der Waals surface area contributed by atoms with Crippen LogP contribution in [-0.4, -0.2) is 28.1 Å². The smallest absolute Gasteiger partial charge is 0.338 e. The Morgan fingerprint density at radius 1 is 0.938 bits per heavy atom. The Labute approximate surface area is 182 Å². The Hall–Kier alpha value is -4.60. The van der Waals surface area contributed by atoms with Crippen LogP contribution in [0.3, 0.4) is 0 Å². The van der Waals surface area contributed by atoms with Crippen LogP contribution in [0.15, 0.2) is 77.9 Å². The number of aryl methyl sites for hydroxylation is 1. The van der Waals surface area contributed by atoms with Crippen LogP contribution in [0.1, 0.15) is 21.5 Å². The molecule has 0 unspecified atom stereocenters. The first-order chi connectivity index (χ1) is 15.3. The lowest BCUT2D eigenvalue weighted by Crippen LogP contribution is -2.17.